The van der Waals surface area contributed by atoms with Gasteiger partial charge in [-0.05, 0) is 74.7 Å². The number of hydrogen-bond acceptors (Lipinski definition) is 5. The summed E-state index contributed by atoms with van der Waals surface area (Å²) in [6.45, 7) is 4.40. The third kappa shape index (κ3) is 5.60. The van der Waals surface area contributed by atoms with Crippen molar-refractivity contribution in [2.75, 3.05) is 29.9 Å². The van der Waals surface area contributed by atoms with Crippen molar-refractivity contribution in [3.05, 3.63) is 77.7 Å². The molecule has 1 fully saturated rings. The minimum absolute atomic E-state index is 0.142. The first kappa shape index (κ1) is 20.8. The molecule has 0 aliphatic carbocycles. The lowest BCUT2D eigenvalue weighted by atomic mass is 10.1. The average Bonchev–Trinajstić information content (AvgIpc) is 2.81. The summed E-state index contributed by atoms with van der Waals surface area (Å²) < 4.78 is 5.80. The lowest BCUT2D eigenvalue weighted by Crippen LogP contribution is -2.32. The maximum Gasteiger partial charge on any atom is 0.259 e. The Morgan fingerprint density at radius 3 is 2.58 bits per heavy atom. The summed E-state index contributed by atoms with van der Waals surface area (Å²) in [5.74, 6) is 1.41. The Hall–Kier alpha value is -3.41. The van der Waals surface area contributed by atoms with Crippen molar-refractivity contribution in [2.24, 2.45) is 0 Å². The van der Waals surface area contributed by atoms with Crippen LogP contribution in [0.25, 0.3) is 0 Å². The topological polar surface area (TPSA) is 67.3 Å². The molecule has 31 heavy (non-hydrogen) atoms. The van der Waals surface area contributed by atoms with Crippen molar-refractivity contribution >= 4 is 17.4 Å². The number of pyridine rings is 2. The summed E-state index contributed by atoms with van der Waals surface area (Å²) in [6, 6.07) is 17.1. The van der Waals surface area contributed by atoms with Crippen LogP contribution in [0.2, 0.25) is 0 Å². The molecule has 0 bridgehead atoms. The van der Waals surface area contributed by atoms with E-state index in [9.17, 15) is 4.79 Å². The van der Waals surface area contributed by atoms with Gasteiger partial charge >= 0.3 is 0 Å². The van der Waals surface area contributed by atoms with E-state index in [1.165, 1.54) is 6.42 Å². The van der Waals surface area contributed by atoms with Crippen LogP contribution in [-0.2, 0) is 6.42 Å². The molecule has 1 aliphatic rings. The smallest absolute Gasteiger partial charge is 0.259 e. The van der Waals surface area contributed by atoms with Crippen molar-refractivity contribution in [3.8, 4) is 5.75 Å². The second-order valence-corrected chi connectivity index (χ2v) is 7.77. The number of amides is 1. The summed E-state index contributed by atoms with van der Waals surface area (Å²) in [4.78, 5) is 24.2. The number of anilines is 2. The van der Waals surface area contributed by atoms with Gasteiger partial charge in [0.2, 0.25) is 0 Å². The lowest BCUT2D eigenvalue weighted by molar-refractivity contribution is 0.102. The first-order valence-corrected chi connectivity index (χ1v) is 10.9. The quantitative estimate of drug-likeness (QED) is 0.607. The van der Waals surface area contributed by atoms with Crippen LogP contribution in [0.5, 0.6) is 5.75 Å². The Morgan fingerprint density at radius 1 is 1.03 bits per heavy atom. The Balaban J connectivity index is 1.37. The van der Waals surface area contributed by atoms with E-state index in [1.807, 2.05) is 61.5 Å². The number of nitrogens with one attached hydrogen (secondary N) is 1. The minimum atomic E-state index is -0.142. The summed E-state index contributed by atoms with van der Waals surface area (Å²) >= 11 is 0. The lowest BCUT2D eigenvalue weighted by Gasteiger charge is -2.29. The van der Waals surface area contributed by atoms with Gasteiger partial charge in [0.15, 0.2) is 0 Å². The van der Waals surface area contributed by atoms with Gasteiger partial charge in [-0.1, -0.05) is 6.07 Å². The third-order valence-electron chi connectivity index (χ3n) is 5.38. The fourth-order valence-electron chi connectivity index (χ4n) is 3.72. The van der Waals surface area contributed by atoms with E-state index in [1.54, 1.807) is 6.20 Å². The SMILES string of the molecule is Cc1ccc(C(=O)Nc2ccc(OCCc3ccccn3)cc2)c(N2CCCCC2)n1. The second kappa shape index (κ2) is 10.1. The monoisotopic (exact) mass is 416 g/mol. The first-order chi connectivity index (χ1) is 15.2. The molecule has 2 aromatic heterocycles. The number of aryl methyl sites for hydroxylation is 1. The van der Waals surface area contributed by atoms with Gasteiger partial charge in [-0.15, -0.1) is 0 Å². The van der Waals surface area contributed by atoms with Gasteiger partial charge in [0.1, 0.15) is 11.6 Å². The predicted octanol–water partition coefficient (Wildman–Crippen LogP) is 4.65. The molecule has 0 radical (unpaired) electrons. The number of carbonyl (C=O) groups excluding carboxylic acids is 1. The molecule has 1 aliphatic heterocycles. The molecular formula is C25H28N4O2. The van der Waals surface area contributed by atoms with E-state index in [0.717, 1.165) is 61.0 Å². The number of piperidine rings is 1. The first-order valence-electron chi connectivity index (χ1n) is 10.9. The molecule has 0 unspecified atom stereocenters. The van der Waals surface area contributed by atoms with Gasteiger partial charge in [-0.25, -0.2) is 4.98 Å². The maximum atomic E-state index is 13.0. The fraction of sp³-hybridized carbons (Fsp3) is 0.320. The highest BCUT2D eigenvalue weighted by molar-refractivity contribution is 6.07. The Kier molecular flexibility index (Phi) is 6.77. The van der Waals surface area contributed by atoms with Gasteiger partial charge < -0.3 is 15.0 Å². The van der Waals surface area contributed by atoms with Crippen LogP contribution in [0, 0.1) is 6.92 Å². The van der Waals surface area contributed by atoms with Crippen molar-refractivity contribution in [1.82, 2.24) is 9.97 Å². The molecule has 1 N–H and O–H groups in total. The van der Waals surface area contributed by atoms with E-state index < -0.39 is 0 Å². The van der Waals surface area contributed by atoms with Gasteiger partial charge in [-0.3, -0.25) is 9.78 Å². The van der Waals surface area contributed by atoms with Gasteiger partial charge in [0.05, 0.1) is 12.2 Å². The number of hydrogen-bond donors (Lipinski definition) is 1. The minimum Gasteiger partial charge on any atom is -0.493 e. The summed E-state index contributed by atoms with van der Waals surface area (Å²) in [5.41, 5.74) is 3.27. The number of ether oxygens (including phenoxy) is 1. The Morgan fingerprint density at radius 2 is 1.84 bits per heavy atom. The second-order valence-electron chi connectivity index (χ2n) is 7.77. The molecule has 1 aromatic carbocycles. The number of carbonyl (C=O) groups is 1. The normalized spacial score (nSPS) is 13.6. The zero-order valence-corrected chi connectivity index (χ0v) is 17.9. The highest BCUT2D eigenvalue weighted by Crippen LogP contribution is 2.24. The summed E-state index contributed by atoms with van der Waals surface area (Å²) in [6.07, 6.45) is 6.04. The molecule has 0 spiro atoms. The summed E-state index contributed by atoms with van der Waals surface area (Å²) in [7, 11) is 0. The Bertz CT molecular complexity index is 1000. The molecule has 4 rings (SSSR count). The van der Waals surface area contributed by atoms with Gasteiger partial charge in [0.25, 0.3) is 5.91 Å². The molecule has 6 heteroatoms. The van der Waals surface area contributed by atoms with Crippen molar-refractivity contribution in [2.45, 2.75) is 32.6 Å². The van der Waals surface area contributed by atoms with Crippen molar-refractivity contribution in [1.29, 1.82) is 0 Å². The largest absolute Gasteiger partial charge is 0.493 e. The Labute approximate surface area is 183 Å². The zero-order valence-electron chi connectivity index (χ0n) is 17.9. The van der Waals surface area contributed by atoms with Crippen LogP contribution in [0.15, 0.2) is 60.8 Å². The average molecular weight is 417 g/mol. The van der Waals surface area contributed by atoms with Crippen LogP contribution in [-0.4, -0.2) is 35.6 Å². The number of benzene rings is 1. The van der Waals surface area contributed by atoms with Gasteiger partial charge in [0, 0.05) is 42.8 Å². The van der Waals surface area contributed by atoms with Gasteiger partial charge in [-0.2, -0.15) is 0 Å². The third-order valence-corrected chi connectivity index (χ3v) is 5.38. The fourth-order valence-corrected chi connectivity index (χ4v) is 3.72. The highest BCUT2D eigenvalue weighted by Gasteiger charge is 2.20. The standard InChI is InChI=1S/C25H28N4O2/c1-19-8-13-23(24(27-19)29-16-5-2-6-17-29)25(30)28-21-9-11-22(12-10-21)31-18-14-20-7-3-4-15-26-20/h3-4,7-13,15H,2,5-6,14,16-18H2,1H3,(H,28,30). The van der Waals surface area contributed by atoms with Crippen molar-refractivity contribution in [3.63, 3.8) is 0 Å². The maximum absolute atomic E-state index is 13.0. The van der Waals surface area contributed by atoms with E-state index >= 15 is 0 Å². The van der Waals surface area contributed by atoms with Crippen LogP contribution in [0.1, 0.15) is 41.0 Å². The summed E-state index contributed by atoms with van der Waals surface area (Å²) in [5, 5.41) is 3.00. The zero-order chi connectivity index (χ0) is 21.5. The molecule has 3 heterocycles. The predicted molar refractivity (Wildman–Crippen MR) is 123 cm³/mol. The van der Waals surface area contributed by atoms with Crippen LogP contribution >= 0.6 is 0 Å². The molecule has 6 nitrogen and oxygen atoms in total. The van der Waals surface area contributed by atoms with Crippen LogP contribution in [0.3, 0.4) is 0 Å². The number of nitrogens with zero attached hydrogens (tertiary/aromatic N) is 3. The molecule has 160 valence electrons. The van der Waals surface area contributed by atoms with E-state index in [-0.39, 0.29) is 5.91 Å². The molecule has 0 atom stereocenters. The molecule has 1 saturated heterocycles. The number of rotatable bonds is 7. The van der Waals surface area contributed by atoms with E-state index in [0.29, 0.717) is 12.2 Å². The highest BCUT2D eigenvalue weighted by atomic mass is 16.5. The molecular weight excluding hydrogens is 388 g/mol. The number of aromatic nitrogens is 2. The van der Waals surface area contributed by atoms with Crippen LogP contribution in [0.4, 0.5) is 11.5 Å². The van der Waals surface area contributed by atoms with Crippen LogP contribution < -0.4 is 15.0 Å². The molecule has 1 amide bonds. The molecule has 0 saturated carbocycles. The molecule has 3 aromatic rings. The van der Waals surface area contributed by atoms with E-state index in [2.05, 4.69) is 20.2 Å². The van der Waals surface area contributed by atoms with Crippen molar-refractivity contribution < 1.29 is 9.53 Å². The van der Waals surface area contributed by atoms with E-state index in [4.69, 9.17) is 4.74 Å².